The van der Waals surface area contributed by atoms with Gasteiger partial charge in [-0.1, -0.05) is 5.16 Å². The maximum Gasteiger partial charge on any atom is 0.320 e. The first-order valence-corrected chi connectivity index (χ1v) is 5.00. The van der Waals surface area contributed by atoms with E-state index >= 15 is 0 Å². The molecule has 3 N–H and O–H groups in total. The fourth-order valence-electron chi connectivity index (χ4n) is 1.53. The standard InChI is InChI=1S/C10H9N3O5/c11-7(10(14)15)4-8-6-3-5(13(16)17)1-2-9(6)18-12-8/h1-3,7H,4,11H2,(H,14,15). The minimum absolute atomic E-state index is 0.0521. The third kappa shape index (κ3) is 2.13. The van der Waals surface area contributed by atoms with Gasteiger partial charge in [0, 0.05) is 18.6 Å². The lowest BCUT2D eigenvalue weighted by Gasteiger charge is -2.02. The van der Waals surface area contributed by atoms with Gasteiger partial charge in [0.25, 0.3) is 5.69 Å². The minimum atomic E-state index is -1.17. The van der Waals surface area contributed by atoms with Crippen LogP contribution < -0.4 is 5.73 Å². The molecule has 1 atom stereocenters. The fraction of sp³-hybridized carbons (Fsp3) is 0.200. The van der Waals surface area contributed by atoms with Gasteiger partial charge in [-0.05, 0) is 6.07 Å². The van der Waals surface area contributed by atoms with Gasteiger partial charge in [-0.25, -0.2) is 0 Å². The number of rotatable bonds is 4. The summed E-state index contributed by atoms with van der Waals surface area (Å²) in [6, 6.07) is 2.86. The highest BCUT2D eigenvalue weighted by atomic mass is 16.6. The molecule has 0 radical (unpaired) electrons. The van der Waals surface area contributed by atoms with Crippen LogP contribution in [0.5, 0.6) is 0 Å². The van der Waals surface area contributed by atoms with Gasteiger partial charge in [-0.3, -0.25) is 14.9 Å². The summed E-state index contributed by atoms with van der Waals surface area (Å²) in [4.78, 5) is 20.7. The summed E-state index contributed by atoms with van der Waals surface area (Å²) in [6.07, 6.45) is -0.0521. The number of carbonyl (C=O) groups is 1. The van der Waals surface area contributed by atoms with Gasteiger partial charge in [0.2, 0.25) is 0 Å². The molecular formula is C10H9N3O5. The molecule has 1 aromatic heterocycles. The maximum absolute atomic E-state index is 10.6. The normalized spacial score (nSPS) is 12.5. The van der Waals surface area contributed by atoms with E-state index in [1.807, 2.05) is 0 Å². The van der Waals surface area contributed by atoms with Gasteiger partial charge in [0.15, 0.2) is 5.58 Å². The topological polar surface area (TPSA) is 132 Å². The van der Waals surface area contributed by atoms with Gasteiger partial charge in [0.05, 0.1) is 16.0 Å². The van der Waals surface area contributed by atoms with E-state index in [0.717, 1.165) is 0 Å². The van der Waals surface area contributed by atoms with Gasteiger partial charge >= 0.3 is 5.97 Å². The van der Waals surface area contributed by atoms with Crippen LogP contribution in [0.15, 0.2) is 22.7 Å². The van der Waals surface area contributed by atoms with Crippen molar-refractivity contribution in [1.82, 2.24) is 5.16 Å². The molecule has 2 rings (SSSR count). The number of aromatic nitrogens is 1. The molecule has 0 spiro atoms. The van der Waals surface area contributed by atoms with E-state index < -0.39 is 16.9 Å². The molecule has 0 amide bonds. The Bertz CT molecular complexity index is 621. The zero-order valence-electron chi connectivity index (χ0n) is 9.07. The van der Waals surface area contributed by atoms with Crippen molar-refractivity contribution in [2.24, 2.45) is 5.73 Å². The number of nitrogens with zero attached hydrogens (tertiary/aromatic N) is 2. The summed E-state index contributed by atoms with van der Waals surface area (Å²) in [6.45, 7) is 0. The molecule has 0 saturated carbocycles. The largest absolute Gasteiger partial charge is 0.480 e. The third-order valence-corrected chi connectivity index (χ3v) is 2.47. The van der Waals surface area contributed by atoms with E-state index in [4.69, 9.17) is 15.4 Å². The lowest BCUT2D eigenvalue weighted by Crippen LogP contribution is -2.32. The van der Waals surface area contributed by atoms with Gasteiger partial charge in [0.1, 0.15) is 6.04 Å². The number of hydrogen-bond acceptors (Lipinski definition) is 6. The number of carboxylic acid groups (broad SMARTS) is 1. The van der Waals surface area contributed by atoms with Gasteiger partial charge < -0.3 is 15.4 Å². The fourth-order valence-corrected chi connectivity index (χ4v) is 1.53. The van der Waals surface area contributed by atoms with E-state index in [0.29, 0.717) is 16.7 Å². The number of fused-ring (bicyclic) bond motifs is 1. The van der Waals surface area contributed by atoms with Crippen LogP contribution >= 0.6 is 0 Å². The summed E-state index contributed by atoms with van der Waals surface area (Å²) in [5.74, 6) is -1.17. The van der Waals surface area contributed by atoms with Crippen LogP contribution in [0.3, 0.4) is 0 Å². The van der Waals surface area contributed by atoms with Crippen molar-refractivity contribution in [3.8, 4) is 0 Å². The average Bonchev–Trinajstić information content (AvgIpc) is 2.71. The molecule has 2 aromatic rings. The quantitative estimate of drug-likeness (QED) is 0.603. The second kappa shape index (κ2) is 4.41. The predicted octanol–water partition coefficient (Wildman–Crippen LogP) is 0.690. The van der Waals surface area contributed by atoms with E-state index in [1.54, 1.807) is 0 Å². The van der Waals surface area contributed by atoms with E-state index in [-0.39, 0.29) is 12.1 Å². The van der Waals surface area contributed by atoms with E-state index in [9.17, 15) is 14.9 Å². The summed E-state index contributed by atoms with van der Waals surface area (Å²) >= 11 is 0. The Balaban J connectivity index is 2.42. The van der Waals surface area contributed by atoms with Crippen molar-refractivity contribution in [2.75, 3.05) is 0 Å². The number of nitro benzene ring substituents is 1. The summed E-state index contributed by atoms with van der Waals surface area (Å²) in [5, 5.41) is 23.4. The number of aliphatic carboxylic acids is 1. The third-order valence-electron chi connectivity index (χ3n) is 2.47. The number of nitro groups is 1. The molecule has 0 bridgehead atoms. The van der Waals surface area contributed by atoms with Crippen molar-refractivity contribution in [3.63, 3.8) is 0 Å². The lowest BCUT2D eigenvalue weighted by atomic mass is 10.1. The molecule has 0 aliphatic carbocycles. The van der Waals surface area contributed by atoms with Crippen LogP contribution in [-0.4, -0.2) is 27.2 Å². The van der Waals surface area contributed by atoms with E-state index in [2.05, 4.69) is 5.16 Å². The molecule has 18 heavy (non-hydrogen) atoms. The molecule has 8 nitrogen and oxygen atoms in total. The second-order valence-corrected chi connectivity index (χ2v) is 3.72. The Morgan fingerprint density at radius 2 is 2.33 bits per heavy atom. The van der Waals surface area contributed by atoms with Crippen molar-refractivity contribution >= 4 is 22.6 Å². The van der Waals surface area contributed by atoms with Crippen molar-refractivity contribution < 1.29 is 19.3 Å². The Hall–Kier alpha value is -2.48. The minimum Gasteiger partial charge on any atom is -0.480 e. The molecule has 1 unspecified atom stereocenters. The lowest BCUT2D eigenvalue weighted by molar-refractivity contribution is -0.384. The first-order valence-electron chi connectivity index (χ1n) is 5.00. The number of benzene rings is 1. The number of nitrogens with two attached hydrogens (primary N) is 1. The highest BCUT2D eigenvalue weighted by Crippen LogP contribution is 2.24. The van der Waals surface area contributed by atoms with Crippen LogP contribution in [0.25, 0.3) is 11.0 Å². The average molecular weight is 251 g/mol. The summed E-state index contributed by atoms with van der Waals surface area (Å²) < 4.78 is 4.94. The van der Waals surface area contributed by atoms with Gasteiger partial charge in [-0.15, -0.1) is 0 Å². The molecule has 0 aliphatic heterocycles. The number of non-ortho nitro benzene ring substituents is 1. The monoisotopic (exact) mass is 251 g/mol. The Morgan fingerprint density at radius 1 is 1.61 bits per heavy atom. The Kier molecular flexibility index (Phi) is 2.94. The molecule has 1 aromatic carbocycles. The Labute approximate surface area is 100 Å². The van der Waals surface area contributed by atoms with Crippen molar-refractivity contribution in [1.29, 1.82) is 0 Å². The predicted molar refractivity (Wildman–Crippen MR) is 60.0 cm³/mol. The van der Waals surface area contributed by atoms with Crippen molar-refractivity contribution in [2.45, 2.75) is 12.5 Å². The van der Waals surface area contributed by atoms with Crippen LogP contribution in [-0.2, 0) is 11.2 Å². The molecule has 0 aliphatic rings. The first kappa shape index (κ1) is 12.0. The molecule has 1 heterocycles. The molecule has 0 saturated heterocycles. The molecular weight excluding hydrogens is 242 g/mol. The zero-order chi connectivity index (χ0) is 13.3. The Morgan fingerprint density at radius 3 is 2.94 bits per heavy atom. The molecule has 94 valence electrons. The molecule has 8 heteroatoms. The molecule has 0 fully saturated rings. The summed E-state index contributed by atoms with van der Waals surface area (Å²) in [5.41, 5.74) is 5.92. The van der Waals surface area contributed by atoms with Crippen LogP contribution in [0, 0.1) is 10.1 Å². The van der Waals surface area contributed by atoms with Crippen LogP contribution in [0.2, 0.25) is 0 Å². The second-order valence-electron chi connectivity index (χ2n) is 3.72. The van der Waals surface area contributed by atoms with E-state index in [1.165, 1.54) is 18.2 Å². The number of carboxylic acids is 1. The van der Waals surface area contributed by atoms with Gasteiger partial charge in [-0.2, -0.15) is 0 Å². The first-order chi connectivity index (χ1) is 8.49. The van der Waals surface area contributed by atoms with Crippen molar-refractivity contribution in [3.05, 3.63) is 34.0 Å². The van der Waals surface area contributed by atoms with Crippen LogP contribution in [0.1, 0.15) is 5.69 Å². The maximum atomic E-state index is 10.6. The van der Waals surface area contributed by atoms with Crippen LogP contribution in [0.4, 0.5) is 5.69 Å². The SMILES string of the molecule is NC(Cc1noc2ccc([N+](=O)[O-])cc12)C(=O)O. The highest BCUT2D eigenvalue weighted by Gasteiger charge is 2.19. The smallest absolute Gasteiger partial charge is 0.320 e. The zero-order valence-corrected chi connectivity index (χ0v) is 9.07. The number of hydrogen-bond donors (Lipinski definition) is 2. The highest BCUT2D eigenvalue weighted by molar-refractivity contribution is 5.83. The summed E-state index contributed by atoms with van der Waals surface area (Å²) in [7, 11) is 0.